The number of hydrogen-bond acceptors (Lipinski definition) is 3. The highest BCUT2D eigenvalue weighted by Gasteiger charge is 2.15. The van der Waals surface area contributed by atoms with Gasteiger partial charge in [-0.25, -0.2) is 0 Å². The van der Waals surface area contributed by atoms with E-state index in [1.807, 2.05) is 0 Å². The van der Waals surface area contributed by atoms with Gasteiger partial charge in [-0.15, -0.1) is 0 Å². The minimum Gasteiger partial charge on any atom is -0.462 e. The first-order valence-corrected chi connectivity index (χ1v) is 2.62. The lowest BCUT2D eigenvalue weighted by Gasteiger charge is -2.12. The van der Waals surface area contributed by atoms with Crippen LogP contribution in [0.2, 0.25) is 0 Å². The molecule has 9 heavy (non-hydrogen) atoms. The lowest BCUT2D eigenvalue weighted by Crippen LogP contribution is -2.22. The molecule has 0 spiro atoms. The minimum absolute atomic E-state index is 0.137. The van der Waals surface area contributed by atoms with Gasteiger partial charge in [0, 0.05) is 13.0 Å². The molecule has 0 heterocycles. The van der Waals surface area contributed by atoms with E-state index in [2.05, 4.69) is 5.92 Å². The van der Waals surface area contributed by atoms with Gasteiger partial charge in [0.05, 0.1) is 0 Å². The quantitative estimate of drug-likeness (QED) is 0.440. The summed E-state index contributed by atoms with van der Waals surface area (Å²) in [5.41, 5.74) is -1.26. The van der Waals surface area contributed by atoms with Crippen LogP contribution in [0.15, 0.2) is 0 Å². The zero-order valence-corrected chi connectivity index (χ0v) is 5.26. The van der Waals surface area contributed by atoms with E-state index >= 15 is 0 Å². The van der Waals surface area contributed by atoms with Crippen molar-refractivity contribution in [2.45, 2.75) is 18.9 Å². The molecule has 3 nitrogen and oxygen atoms in total. The molecule has 0 aliphatic heterocycles. The van der Waals surface area contributed by atoms with Crippen molar-refractivity contribution in [3.8, 4) is 12.0 Å². The van der Waals surface area contributed by atoms with E-state index in [1.54, 1.807) is 6.11 Å². The van der Waals surface area contributed by atoms with Gasteiger partial charge < -0.3 is 15.3 Å². The van der Waals surface area contributed by atoms with E-state index in [4.69, 9.17) is 15.3 Å². The zero-order chi connectivity index (χ0) is 7.33. The van der Waals surface area contributed by atoms with Crippen molar-refractivity contribution in [1.29, 1.82) is 0 Å². The van der Waals surface area contributed by atoms with Crippen LogP contribution in [0.5, 0.6) is 0 Å². The Kier molecular flexibility index (Phi) is 3.07. The van der Waals surface area contributed by atoms with Crippen molar-refractivity contribution in [1.82, 2.24) is 0 Å². The van der Waals surface area contributed by atoms with Crippen LogP contribution in [0.25, 0.3) is 0 Å². The van der Waals surface area contributed by atoms with E-state index in [9.17, 15) is 0 Å². The minimum atomic E-state index is -1.26. The average molecular weight is 130 g/mol. The fourth-order valence-corrected chi connectivity index (χ4v) is 0.401. The normalized spacial score (nSPS) is 15.4. The molecule has 0 bridgehead atoms. The van der Waals surface area contributed by atoms with Crippen LogP contribution in [-0.2, 0) is 0 Å². The smallest absolute Gasteiger partial charge is 0.128 e. The van der Waals surface area contributed by atoms with Gasteiger partial charge >= 0.3 is 0 Å². The molecule has 0 aromatic heterocycles. The predicted octanol–water partition coefficient (Wildman–Crippen LogP) is -0.547. The molecule has 1 unspecified atom stereocenters. The highest BCUT2D eigenvalue weighted by atomic mass is 16.3. The second-order valence-electron chi connectivity index (χ2n) is 1.98. The third-order valence-electron chi connectivity index (χ3n) is 0.924. The molecule has 0 radical (unpaired) electrons. The van der Waals surface area contributed by atoms with Gasteiger partial charge in [-0.05, 0) is 12.8 Å². The van der Waals surface area contributed by atoms with Crippen LogP contribution >= 0.6 is 0 Å². The molecule has 3 heteroatoms. The summed E-state index contributed by atoms with van der Waals surface area (Å²) in [6, 6.07) is 0. The predicted molar refractivity (Wildman–Crippen MR) is 32.0 cm³/mol. The molecule has 0 fully saturated rings. The van der Waals surface area contributed by atoms with E-state index in [0.717, 1.165) is 0 Å². The fraction of sp³-hybridized carbons (Fsp3) is 0.667. The van der Waals surface area contributed by atoms with Crippen molar-refractivity contribution in [2.24, 2.45) is 0 Å². The summed E-state index contributed by atoms with van der Waals surface area (Å²) in [5, 5.41) is 25.4. The Labute approximate surface area is 53.9 Å². The molecule has 52 valence electrons. The van der Waals surface area contributed by atoms with Gasteiger partial charge in [0.15, 0.2) is 0 Å². The Bertz CT molecular complexity index is 129. The third-order valence-corrected chi connectivity index (χ3v) is 0.924. The Morgan fingerprint density at radius 3 is 2.44 bits per heavy atom. The number of aliphatic hydroxyl groups is 3. The van der Waals surface area contributed by atoms with Gasteiger partial charge in [0.1, 0.15) is 11.7 Å². The first-order chi connectivity index (χ1) is 4.12. The lowest BCUT2D eigenvalue weighted by atomic mass is 10.1. The van der Waals surface area contributed by atoms with Gasteiger partial charge in [-0.3, -0.25) is 0 Å². The van der Waals surface area contributed by atoms with Crippen LogP contribution in [0.1, 0.15) is 13.3 Å². The molecule has 0 saturated heterocycles. The van der Waals surface area contributed by atoms with Crippen molar-refractivity contribution >= 4 is 0 Å². The summed E-state index contributed by atoms with van der Waals surface area (Å²) in [6.07, 6.45) is 1.74. The Balaban J connectivity index is 3.80. The standard InChI is InChI=1S/C6H10O3/c1-6(9,2-4-7)3-5-8/h7-9H,2,4H2,1H3. The maximum Gasteiger partial charge on any atom is 0.128 e. The first kappa shape index (κ1) is 8.28. The van der Waals surface area contributed by atoms with E-state index in [1.165, 1.54) is 6.92 Å². The highest BCUT2D eigenvalue weighted by Crippen LogP contribution is 2.04. The molecule has 0 aliphatic rings. The van der Waals surface area contributed by atoms with Gasteiger partial charge in [0.2, 0.25) is 0 Å². The molecule has 1 atom stereocenters. The van der Waals surface area contributed by atoms with E-state index < -0.39 is 5.60 Å². The SMILES string of the molecule is CC(O)(C#CO)CCO. The Morgan fingerprint density at radius 1 is 1.56 bits per heavy atom. The maximum absolute atomic E-state index is 9.02. The van der Waals surface area contributed by atoms with E-state index in [0.29, 0.717) is 0 Å². The molecule has 0 aromatic rings. The fourth-order valence-electron chi connectivity index (χ4n) is 0.401. The molecule has 0 rings (SSSR count). The summed E-state index contributed by atoms with van der Waals surface area (Å²) in [6.45, 7) is 1.29. The second-order valence-corrected chi connectivity index (χ2v) is 1.98. The lowest BCUT2D eigenvalue weighted by molar-refractivity contribution is 0.0871. The maximum atomic E-state index is 9.02. The van der Waals surface area contributed by atoms with Crippen LogP contribution in [0.4, 0.5) is 0 Å². The topological polar surface area (TPSA) is 60.7 Å². The van der Waals surface area contributed by atoms with E-state index in [-0.39, 0.29) is 13.0 Å². The third kappa shape index (κ3) is 3.83. The van der Waals surface area contributed by atoms with Gasteiger partial charge in [-0.1, -0.05) is 0 Å². The molecule has 0 amide bonds. The molecular formula is C6H10O3. The number of aliphatic hydroxyl groups excluding tert-OH is 2. The summed E-state index contributed by atoms with van der Waals surface area (Å²) in [7, 11) is 0. The molecular weight excluding hydrogens is 120 g/mol. The monoisotopic (exact) mass is 130 g/mol. The summed E-state index contributed by atoms with van der Waals surface area (Å²) in [4.78, 5) is 0. The van der Waals surface area contributed by atoms with Gasteiger partial charge in [0.25, 0.3) is 0 Å². The molecule has 0 aromatic carbocycles. The van der Waals surface area contributed by atoms with Crippen LogP contribution in [-0.4, -0.2) is 27.5 Å². The van der Waals surface area contributed by atoms with Crippen LogP contribution in [0, 0.1) is 12.0 Å². The molecule has 0 saturated carbocycles. The molecule has 0 aliphatic carbocycles. The second kappa shape index (κ2) is 3.33. The Hall–Kier alpha value is -0.720. The largest absolute Gasteiger partial charge is 0.462 e. The van der Waals surface area contributed by atoms with Crippen molar-refractivity contribution in [3.05, 3.63) is 0 Å². The Morgan fingerprint density at radius 2 is 2.11 bits per heavy atom. The number of hydrogen-bond donors (Lipinski definition) is 3. The average Bonchev–Trinajstić information content (AvgIpc) is 1.64. The molecule has 3 N–H and O–H groups in total. The van der Waals surface area contributed by atoms with Crippen molar-refractivity contribution < 1.29 is 15.3 Å². The van der Waals surface area contributed by atoms with Crippen molar-refractivity contribution in [2.75, 3.05) is 6.61 Å². The summed E-state index contributed by atoms with van der Waals surface area (Å²) >= 11 is 0. The summed E-state index contributed by atoms with van der Waals surface area (Å²) in [5.74, 6) is 2.12. The number of rotatable bonds is 2. The van der Waals surface area contributed by atoms with Crippen LogP contribution < -0.4 is 0 Å². The zero-order valence-electron chi connectivity index (χ0n) is 5.26. The van der Waals surface area contributed by atoms with Gasteiger partial charge in [-0.2, -0.15) is 0 Å². The van der Waals surface area contributed by atoms with Crippen LogP contribution in [0.3, 0.4) is 0 Å². The first-order valence-electron chi connectivity index (χ1n) is 2.62. The highest BCUT2D eigenvalue weighted by molar-refractivity contribution is 5.06. The van der Waals surface area contributed by atoms with Crippen molar-refractivity contribution in [3.63, 3.8) is 0 Å². The summed E-state index contributed by atoms with van der Waals surface area (Å²) < 4.78 is 0.